The first-order chi connectivity index (χ1) is 8.33. The Morgan fingerprint density at radius 1 is 1.24 bits per heavy atom. The second-order valence-corrected chi connectivity index (χ2v) is 6.94. The third-order valence-electron chi connectivity index (χ3n) is 3.96. The van der Waals surface area contributed by atoms with Crippen molar-refractivity contribution in [2.45, 2.75) is 59.9 Å². The standard InChI is InChI=1S/C10H18NOP.2C2H6/c1-2-10(3-4-10)7-11-9-5-12-8-13(11)6-9;2*1-2/h9H,2-8H2,1H3;2*1-2H3. The first kappa shape index (κ1) is 15.4. The average Bonchev–Trinajstić information content (AvgIpc) is 3.22. The number of ether oxygens (including phenoxy) is 1. The van der Waals surface area contributed by atoms with E-state index in [2.05, 4.69) is 11.6 Å². The molecule has 0 amide bonds. The van der Waals surface area contributed by atoms with Gasteiger partial charge in [-0.1, -0.05) is 34.6 Å². The molecule has 0 radical (unpaired) electrons. The summed E-state index contributed by atoms with van der Waals surface area (Å²) in [5.41, 5.74) is 0.747. The fourth-order valence-corrected chi connectivity index (χ4v) is 4.91. The number of fused-ring (bicyclic) bond motifs is 2. The highest BCUT2D eigenvalue weighted by molar-refractivity contribution is 7.56. The average molecular weight is 259 g/mol. The SMILES string of the molecule is CC.CC.CCC1(CN2C3COCP2C3)CC1. The highest BCUT2D eigenvalue weighted by Gasteiger charge is 2.49. The van der Waals surface area contributed by atoms with Gasteiger partial charge in [-0.2, -0.15) is 0 Å². The van der Waals surface area contributed by atoms with Crippen LogP contribution in [-0.4, -0.2) is 36.4 Å². The fourth-order valence-electron chi connectivity index (χ4n) is 2.51. The third-order valence-corrected chi connectivity index (χ3v) is 6.48. The Labute approximate surface area is 109 Å². The van der Waals surface area contributed by atoms with Crippen molar-refractivity contribution >= 4 is 8.07 Å². The van der Waals surface area contributed by atoms with Gasteiger partial charge in [-0.05, 0) is 32.7 Å². The summed E-state index contributed by atoms with van der Waals surface area (Å²) in [4.78, 5) is 0. The zero-order chi connectivity index (χ0) is 12.9. The number of hydrogen-bond donors (Lipinski definition) is 0. The van der Waals surface area contributed by atoms with Gasteiger partial charge in [0, 0.05) is 18.7 Å². The van der Waals surface area contributed by atoms with Crippen molar-refractivity contribution < 1.29 is 4.74 Å². The zero-order valence-electron chi connectivity index (χ0n) is 12.3. The summed E-state index contributed by atoms with van der Waals surface area (Å²) in [6.07, 6.45) is 6.88. The minimum absolute atomic E-state index is 0.170. The van der Waals surface area contributed by atoms with Crippen LogP contribution < -0.4 is 0 Å². The van der Waals surface area contributed by atoms with E-state index < -0.39 is 0 Å². The Morgan fingerprint density at radius 3 is 2.24 bits per heavy atom. The highest BCUT2D eigenvalue weighted by atomic mass is 31.1. The quantitative estimate of drug-likeness (QED) is 0.701. The maximum Gasteiger partial charge on any atom is 0.0797 e. The van der Waals surface area contributed by atoms with Crippen molar-refractivity contribution in [1.82, 2.24) is 4.67 Å². The fraction of sp³-hybridized carbons (Fsp3) is 1.00. The van der Waals surface area contributed by atoms with Crippen LogP contribution in [0.1, 0.15) is 53.9 Å². The first-order valence-corrected chi connectivity index (χ1v) is 9.09. The van der Waals surface area contributed by atoms with E-state index in [9.17, 15) is 0 Å². The summed E-state index contributed by atoms with van der Waals surface area (Å²) in [7, 11) is 0.170. The van der Waals surface area contributed by atoms with Crippen LogP contribution in [0.15, 0.2) is 0 Å². The Kier molecular flexibility index (Phi) is 6.40. The second kappa shape index (κ2) is 7.07. The summed E-state index contributed by atoms with van der Waals surface area (Å²) in [5.74, 6) is 0. The molecular weight excluding hydrogens is 229 g/mol. The number of nitrogens with zero attached hydrogens (tertiary/aromatic N) is 1. The molecule has 2 aliphatic heterocycles. The second-order valence-electron chi connectivity index (χ2n) is 4.79. The van der Waals surface area contributed by atoms with Gasteiger partial charge < -0.3 is 4.74 Å². The third kappa shape index (κ3) is 3.43. The van der Waals surface area contributed by atoms with Gasteiger partial charge in [-0.25, -0.2) is 0 Å². The maximum atomic E-state index is 5.52. The van der Waals surface area contributed by atoms with E-state index >= 15 is 0 Å². The molecule has 0 N–H and O–H groups in total. The zero-order valence-corrected chi connectivity index (χ0v) is 13.2. The minimum Gasteiger partial charge on any atom is -0.374 e. The largest absolute Gasteiger partial charge is 0.374 e. The Balaban J connectivity index is 0.000000330. The molecule has 3 rings (SSSR count). The molecular formula is C14H30NOP. The highest BCUT2D eigenvalue weighted by Crippen LogP contribution is 2.60. The van der Waals surface area contributed by atoms with Gasteiger partial charge in [0.05, 0.1) is 13.0 Å². The molecule has 3 heteroatoms. The molecule has 2 saturated heterocycles. The summed E-state index contributed by atoms with van der Waals surface area (Å²) < 4.78 is 8.29. The van der Waals surface area contributed by atoms with Crippen molar-refractivity contribution in [1.29, 1.82) is 0 Å². The van der Waals surface area contributed by atoms with Crippen LogP contribution in [0.4, 0.5) is 0 Å². The van der Waals surface area contributed by atoms with Crippen LogP contribution in [0, 0.1) is 5.41 Å². The lowest BCUT2D eigenvalue weighted by Crippen LogP contribution is -2.53. The van der Waals surface area contributed by atoms with Crippen LogP contribution in [0.25, 0.3) is 0 Å². The van der Waals surface area contributed by atoms with Crippen molar-refractivity contribution in [3.63, 3.8) is 0 Å². The van der Waals surface area contributed by atoms with Crippen molar-refractivity contribution in [2.75, 3.05) is 25.7 Å². The molecule has 1 saturated carbocycles. The lowest BCUT2D eigenvalue weighted by molar-refractivity contribution is 0.0707. The van der Waals surface area contributed by atoms with Gasteiger partial charge in [0.25, 0.3) is 0 Å². The number of hydrogen-bond acceptors (Lipinski definition) is 2. The Bertz CT molecular complexity index is 204. The predicted octanol–water partition coefficient (Wildman–Crippen LogP) is 4.30. The summed E-state index contributed by atoms with van der Waals surface area (Å²) in [5, 5.41) is 0. The lowest BCUT2D eigenvalue weighted by Gasteiger charge is -2.53. The van der Waals surface area contributed by atoms with E-state index in [0.29, 0.717) is 0 Å². The van der Waals surface area contributed by atoms with Gasteiger partial charge in [-0.15, -0.1) is 0 Å². The molecule has 102 valence electrons. The van der Waals surface area contributed by atoms with Crippen molar-refractivity contribution in [3.05, 3.63) is 0 Å². The number of rotatable bonds is 3. The molecule has 0 aromatic carbocycles. The van der Waals surface area contributed by atoms with Crippen LogP contribution in [-0.2, 0) is 4.74 Å². The van der Waals surface area contributed by atoms with Crippen molar-refractivity contribution in [3.8, 4) is 0 Å². The summed E-state index contributed by atoms with van der Waals surface area (Å²) in [6, 6.07) is 0.809. The summed E-state index contributed by atoms with van der Waals surface area (Å²) in [6.45, 7) is 12.8. The molecule has 2 atom stereocenters. The predicted molar refractivity (Wildman–Crippen MR) is 77.8 cm³/mol. The molecule has 0 spiro atoms. The van der Waals surface area contributed by atoms with E-state index in [1.165, 1.54) is 32.0 Å². The Morgan fingerprint density at radius 2 is 1.88 bits per heavy atom. The molecule has 17 heavy (non-hydrogen) atoms. The van der Waals surface area contributed by atoms with Gasteiger partial charge in [0.15, 0.2) is 0 Å². The van der Waals surface area contributed by atoms with Crippen LogP contribution in [0.2, 0.25) is 0 Å². The van der Waals surface area contributed by atoms with Gasteiger partial charge >= 0.3 is 0 Å². The monoisotopic (exact) mass is 259 g/mol. The molecule has 2 heterocycles. The molecule has 2 nitrogen and oxygen atoms in total. The van der Waals surface area contributed by atoms with E-state index in [1.54, 1.807) is 0 Å². The normalized spacial score (nSPS) is 32.3. The van der Waals surface area contributed by atoms with E-state index in [4.69, 9.17) is 4.74 Å². The van der Waals surface area contributed by atoms with Crippen LogP contribution in [0.5, 0.6) is 0 Å². The molecule has 3 fully saturated rings. The molecule has 2 bridgehead atoms. The van der Waals surface area contributed by atoms with E-state index in [0.717, 1.165) is 24.4 Å². The van der Waals surface area contributed by atoms with Gasteiger partial charge in [-0.3, -0.25) is 4.67 Å². The smallest absolute Gasteiger partial charge is 0.0797 e. The van der Waals surface area contributed by atoms with Crippen LogP contribution in [0.3, 0.4) is 0 Å². The molecule has 3 aliphatic rings. The molecule has 0 aromatic heterocycles. The molecule has 1 aliphatic carbocycles. The molecule has 0 aromatic rings. The van der Waals surface area contributed by atoms with Crippen LogP contribution >= 0.6 is 8.07 Å². The first-order valence-electron chi connectivity index (χ1n) is 7.42. The topological polar surface area (TPSA) is 12.5 Å². The lowest BCUT2D eigenvalue weighted by atomic mass is 10.0. The Hall–Kier alpha value is 0.350. The molecule has 2 unspecified atom stereocenters. The van der Waals surface area contributed by atoms with E-state index in [-0.39, 0.29) is 8.07 Å². The summed E-state index contributed by atoms with van der Waals surface area (Å²) >= 11 is 0. The van der Waals surface area contributed by atoms with E-state index in [1.807, 2.05) is 27.7 Å². The minimum atomic E-state index is 0.170. The van der Waals surface area contributed by atoms with Crippen molar-refractivity contribution in [2.24, 2.45) is 5.41 Å². The van der Waals surface area contributed by atoms with Gasteiger partial charge in [0.2, 0.25) is 0 Å². The van der Waals surface area contributed by atoms with Gasteiger partial charge in [0.1, 0.15) is 0 Å². The maximum absolute atomic E-state index is 5.52.